The molecule has 5 heteroatoms. The zero-order chi connectivity index (χ0) is 28.3. The van der Waals surface area contributed by atoms with Crippen LogP contribution in [0.3, 0.4) is 0 Å². The van der Waals surface area contributed by atoms with Crippen LogP contribution in [-0.4, -0.2) is 23.8 Å². The predicted molar refractivity (Wildman–Crippen MR) is 165 cm³/mol. The molecule has 0 bridgehead atoms. The van der Waals surface area contributed by atoms with Crippen LogP contribution in [0, 0.1) is 17.8 Å². The SMILES string of the molecule is CNc1ccc(-c2ccc(C(O)N(C(=O)C3CCCCC3)c3cccc(C4CCCC4C(=O)C4CC4)c3)cc2)cc1. The fourth-order valence-electron chi connectivity index (χ4n) is 7.04. The zero-order valence-electron chi connectivity index (χ0n) is 24.1. The van der Waals surface area contributed by atoms with Gasteiger partial charge in [0.05, 0.1) is 0 Å². The average molecular weight is 551 g/mol. The molecule has 6 rings (SSSR count). The van der Waals surface area contributed by atoms with E-state index in [1.165, 1.54) is 0 Å². The Hall–Kier alpha value is -3.44. The van der Waals surface area contributed by atoms with Gasteiger partial charge in [0.2, 0.25) is 5.91 Å². The van der Waals surface area contributed by atoms with Crippen LogP contribution in [0.5, 0.6) is 0 Å². The molecule has 0 aliphatic heterocycles. The third-order valence-corrected chi connectivity index (χ3v) is 9.59. The van der Waals surface area contributed by atoms with Crippen molar-refractivity contribution in [1.82, 2.24) is 0 Å². The van der Waals surface area contributed by atoms with E-state index < -0.39 is 6.23 Å². The minimum absolute atomic E-state index is 0.00175. The highest BCUT2D eigenvalue weighted by Crippen LogP contribution is 2.46. The molecule has 214 valence electrons. The number of rotatable bonds is 9. The zero-order valence-corrected chi connectivity index (χ0v) is 24.1. The first kappa shape index (κ1) is 27.7. The fourth-order valence-corrected chi connectivity index (χ4v) is 7.04. The first-order valence-corrected chi connectivity index (χ1v) is 15.6. The predicted octanol–water partition coefficient (Wildman–Crippen LogP) is 7.86. The van der Waals surface area contributed by atoms with Crippen molar-refractivity contribution in [2.75, 3.05) is 17.3 Å². The van der Waals surface area contributed by atoms with Crippen LogP contribution >= 0.6 is 0 Å². The van der Waals surface area contributed by atoms with Crippen LogP contribution in [0.25, 0.3) is 11.1 Å². The molecule has 3 unspecified atom stereocenters. The topological polar surface area (TPSA) is 69.6 Å². The van der Waals surface area contributed by atoms with Crippen LogP contribution in [0.1, 0.15) is 87.5 Å². The number of Topliss-reactive ketones (excluding diaryl/α,β-unsaturated/α-hetero) is 1. The molecule has 0 saturated heterocycles. The third kappa shape index (κ3) is 5.97. The summed E-state index contributed by atoms with van der Waals surface area (Å²) in [4.78, 5) is 28.8. The van der Waals surface area contributed by atoms with Crippen LogP contribution in [0.4, 0.5) is 11.4 Å². The number of nitrogens with one attached hydrogen (secondary N) is 1. The van der Waals surface area contributed by atoms with E-state index in [0.717, 1.165) is 92.3 Å². The molecule has 0 radical (unpaired) electrons. The summed E-state index contributed by atoms with van der Waals surface area (Å²) < 4.78 is 0. The summed E-state index contributed by atoms with van der Waals surface area (Å²) >= 11 is 0. The molecule has 2 N–H and O–H groups in total. The Bertz CT molecular complexity index is 1360. The van der Waals surface area contributed by atoms with E-state index in [1.807, 2.05) is 55.6 Å². The Labute approximate surface area is 244 Å². The maximum atomic E-state index is 14.1. The van der Waals surface area contributed by atoms with Crippen LogP contribution in [-0.2, 0) is 9.59 Å². The molecule has 3 saturated carbocycles. The summed E-state index contributed by atoms with van der Waals surface area (Å²) in [5.41, 5.74) is 5.75. The van der Waals surface area contributed by atoms with Crippen LogP contribution in [0.15, 0.2) is 72.8 Å². The molecule has 3 aliphatic carbocycles. The van der Waals surface area contributed by atoms with Crippen molar-refractivity contribution in [2.24, 2.45) is 17.8 Å². The van der Waals surface area contributed by atoms with Crippen molar-refractivity contribution < 1.29 is 14.7 Å². The second-order valence-corrected chi connectivity index (χ2v) is 12.3. The van der Waals surface area contributed by atoms with E-state index in [4.69, 9.17) is 0 Å². The van der Waals surface area contributed by atoms with Crippen LogP contribution in [0.2, 0.25) is 0 Å². The Morgan fingerprint density at radius 3 is 2.12 bits per heavy atom. The lowest BCUT2D eigenvalue weighted by molar-refractivity contribution is -0.125. The number of aliphatic hydroxyl groups excluding tert-OH is 1. The van der Waals surface area contributed by atoms with Crippen LogP contribution < -0.4 is 10.2 Å². The lowest BCUT2D eigenvalue weighted by Gasteiger charge is -2.34. The summed E-state index contributed by atoms with van der Waals surface area (Å²) in [6, 6.07) is 24.2. The molecular weight excluding hydrogens is 508 g/mol. The highest BCUT2D eigenvalue weighted by atomic mass is 16.3. The molecule has 5 nitrogen and oxygen atoms in total. The number of amides is 1. The molecule has 3 aromatic rings. The van der Waals surface area contributed by atoms with E-state index in [2.05, 4.69) is 29.6 Å². The molecule has 3 fully saturated rings. The number of carbonyl (C=O) groups is 2. The largest absolute Gasteiger partial charge is 0.388 e. The monoisotopic (exact) mass is 550 g/mol. The lowest BCUT2D eigenvalue weighted by atomic mass is 9.84. The molecule has 3 atom stereocenters. The first-order chi connectivity index (χ1) is 20.0. The number of carbonyl (C=O) groups excluding carboxylic acids is 2. The molecule has 3 aliphatic rings. The van der Waals surface area contributed by atoms with Crippen molar-refractivity contribution >= 4 is 23.1 Å². The number of nitrogens with zero attached hydrogens (tertiary/aromatic N) is 1. The summed E-state index contributed by atoms with van der Waals surface area (Å²) in [6.45, 7) is 0. The number of aliphatic hydroxyl groups is 1. The molecular formula is C36H42N2O3. The van der Waals surface area contributed by atoms with Gasteiger partial charge in [0.25, 0.3) is 0 Å². The van der Waals surface area contributed by atoms with E-state index >= 15 is 0 Å². The van der Waals surface area contributed by atoms with Gasteiger partial charge in [0, 0.05) is 41.7 Å². The summed E-state index contributed by atoms with van der Waals surface area (Å²) in [5.74, 6) is 0.897. The van der Waals surface area contributed by atoms with E-state index in [1.54, 1.807) is 4.90 Å². The number of anilines is 2. The Kier molecular flexibility index (Phi) is 8.25. The first-order valence-electron chi connectivity index (χ1n) is 15.6. The molecule has 41 heavy (non-hydrogen) atoms. The molecule has 3 aromatic carbocycles. The second-order valence-electron chi connectivity index (χ2n) is 12.3. The average Bonchev–Trinajstić information content (AvgIpc) is 3.77. The quantitative estimate of drug-likeness (QED) is 0.266. The Balaban J connectivity index is 1.30. The summed E-state index contributed by atoms with van der Waals surface area (Å²) in [6.07, 6.45) is 9.01. The van der Waals surface area contributed by atoms with Crippen molar-refractivity contribution in [3.8, 4) is 11.1 Å². The normalized spacial score (nSPS) is 21.8. The molecule has 0 spiro atoms. The third-order valence-electron chi connectivity index (χ3n) is 9.59. The number of hydrogen-bond acceptors (Lipinski definition) is 4. The Morgan fingerprint density at radius 1 is 0.780 bits per heavy atom. The molecule has 0 aromatic heterocycles. The Morgan fingerprint density at radius 2 is 1.46 bits per heavy atom. The number of benzene rings is 3. The standard InChI is InChI=1S/C36H42N2O3/c1-37-30-21-19-25(20-22-30)24-13-17-28(18-14-24)36(41)38(35(40)27-7-3-2-4-8-27)31-10-5-9-29(23-31)32-11-6-12-33(32)34(39)26-15-16-26/h5,9-10,13-14,17-23,26-27,32-33,36-37,41H,2-4,6-8,11-12,15-16H2,1H3. The van der Waals surface area contributed by atoms with Gasteiger partial charge in [-0.05, 0) is 85.4 Å². The van der Waals surface area contributed by atoms with E-state index in [9.17, 15) is 14.7 Å². The lowest BCUT2D eigenvalue weighted by Crippen LogP contribution is -2.40. The van der Waals surface area contributed by atoms with Gasteiger partial charge in [0.1, 0.15) is 5.78 Å². The van der Waals surface area contributed by atoms with Crippen molar-refractivity contribution in [1.29, 1.82) is 0 Å². The van der Waals surface area contributed by atoms with Gasteiger partial charge in [0.15, 0.2) is 6.23 Å². The van der Waals surface area contributed by atoms with Gasteiger partial charge in [-0.15, -0.1) is 0 Å². The van der Waals surface area contributed by atoms with Gasteiger partial charge in [-0.3, -0.25) is 14.5 Å². The maximum absolute atomic E-state index is 14.1. The maximum Gasteiger partial charge on any atom is 0.232 e. The smallest absolute Gasteiger partial charge is 0.232 e. The summed E-state index contributed by atoms with van der Waals surface area (Å²) in [5, 5.41) is 14.9. The van der Waals surface area contributed by atoms with Gasteiger partial charge in [-0.25, -0.2) is 0 Å². The van der Waals surface area contributed by atoms with Crippen molar-refractivity contribution in [3.05, 3.63) is 83.9 Å². The minimum Gasteiger partial charge on any atom is -0.388 e. The number of ketones is 1. The molecule has 0 heterocycles. The minimum atomic E-state index is -1.09. The highest BCUT2D eigenvalue weighted by Gasteiger charge is 2.41. The van der Waals surface area contributed by atoms with Gasteiger partial charge in [-0.1, -0.05) is 74.2 Å². The number of hydrogen-bond donors (Lipinski definition) is 2. The van der Waals surface area contributed by atoms with E-state index in [-0.39, 0.29) is 29.6 Å². The second kappa shape index (κ2) is 12.2. The molecule has 1 amide bonds. The van der Waals surface area contributed by atoms with Gasteiger partial charge in [-0.2, -0.15) is 0 Å². The highest BCUT2D eigenvalue weighted by molar-refractivity contribution is 5.96. The van der Waals surface area contributed by atoms with Crippen molar-refractivity contribution in [2.45, 2.75) is 76.4 Å². The van der Waals surface area contributed by atoms with Gasteiger partial charge >= 0.3 is 0 Å². The fraction of sp³-hybridized carbons (Fsp3) is 0.444. The van der Waals surface area contributed by atoms with Gasteiger partial charge < -0.3 is 10.4 Å². The summed E-state index contributed by atoms with van der Waals surface area (Å²) in [7, 11) is 1.90. The van der Waals surface area contributed by atoms with E-state index in [0.29, 0.717) is 11.3 Å². The van der Waals surface area contributed by atoms with Crippen molar-refractivity contribution in [3.63, 3.8) is 0 Å².